The lowest BCUT2D eigenvalue weighted by molar-refractivity contribution is 0.522. The Hall–Kier alpha value is -2.66. The summed E-state index contributed by atoms with van der Waals surface area (Å²) in [7, 11) is -4.45. The van der Waals surface area contributed by atoms with Crippen LogP contribution in [0.5, 0.6) is 0 Å². The molecule has 2 aromatic carbocycles. The number of nitrogens with one attached hydrogen (secondary N) is 1. The molecule has 3 N–H and O–H groups in total. The van der Waals surface area contributed by atoms with Crippen molar-refractivity contribution in [1.82, 2.24) is 0 Å². The molecule has 108 valence electrons. The quantitative estimate of drug-likeness (QED) is 0.850. The third kappa shape index (κ3) is 3.09. The van der Waals surface area contributed by atoms with Gasteiger partial charge in [-0.2, -0.15) is 5.26 Å². The molecule has 2 aromatic rings. The molecule has 0 radical (unpaired) electrons. The van der Waals surface area contributed by atoms with Gasteiger partial charge < -0.3 is 5.73 Å². The molecule has 0 bridgehead atoms. The first-order valence-electron chi connectivity index (χ1n) is 5.61. The molecule has 0 aromatic heterocycles. The van der Waals surface area contributed by atoms with Gasteiger partial charge in [-0.1, -0.05) is 0 Å². The SMILES string of the molecule is N#Cc1ccc(NS(=O)(=O)c2c(F)cc(N)cc2F)cc1. The van der Waals surface area contributed by atoms with Crippen molar-refractivity contribution in [2.45, 2.75) is 4.90 Å². The summed E-state index contributed by atoms with van der Waals surface area (Å²) in [5.74, 6) is -2.57. The van der Waals surface area contributed by atoms with Crippen LogP contribution in [0.3, 0.4) is 0 Å². The Morgan fingerprint density at radius 2 is 1.62 bits per heavy atom. The first kappa shape index (κ1) is 14.7. The molecule has 21 heavy (non-hydrogen) atoms. The topological polar surface area (TPSA) is 96.0 Å². The number of hydrogen-bond acceptors (Lipinski definition) is 4. The Morgan fingerprint density at radius 1 is 1.10 bits per heavy atom. The van der Waals surface area contributed by atoms with E-state index in [0.717, 1.165) is 12.1 Å². The number of nitrogens with two attached hydrogens (primary N) is 1. The second kappa shape index (κ2) is 5.38. The number of halogens is 2. The smallest absolute Gasteiger partial charge is 0.267 e. The molecule has 0 atom stereocenters. The Kier molecular flexibility index (Phi) is 3.78. The van der Waals surface area contributed by atoms with Gasteiger partial charge in [0, 0.05) is 11.4 Å². The maximum atomic E-state index is 13.6. The van der Waals surface area contributed by atoms with Gasteiger partial charge in [0.05, 0.1) is 11.6 Å². The Balaban J connectivity index is 2.41. The van der Waals surface area contributed by atoms with Crippen molar-refractivity contribution in [1.29, 1.82) is 5.26 Å². The van der Waals surface area contributed by atoms with E-state index in [1.807, 2.05) is 10.8 Å². The van der Waals surface area contributed by atoms with Crippen molar-refractivity contribution in [2.24, 2.45) is 0 Å². The fourth-order valence-corrected chi connectivity index (χ4v) is 2.83. The van der Waals surface area contributed by atoms with Gasteiger partial charge in [-0.3, -0.25) is 4.72 Å². The summed E-state index contributed by atoms with van der Waals surface area (Å²) < 4.78 is 53.3. The second-order valence-electron chi connectivity index (χ2n) is 4.11. The van der Waals surface area contributed by atoms with Gasteiger partial charge in [-0.15, -0.1) is 0 Å². The van der Waals surface area contributed by atoms with Crippen LogP contribution in [0, 0.1) is 23.0 Å². The number of anilines is 2. The van der Waals surface area contributed by atoms with E-state index in [1.54, 1.807) is 0 Å². The summed E-state index contributed by atoms with van der Waals surface area (Å²) in [5.41, 5.74) is 5.41. The minimum Gasteiger partial charge on any atom is -0.399 e. The molecule has 8 heteroatoms. The predicted octanol–water partition coefficient (Wildman–Crippen LogP) is 2.22. The van der Waals surface area contributed by atoms with Crippen molar-refractivity contribution in [2.75, 3.05) is 10.5 Å². The summed E-state index contributed by atoms with van der Waals surface area (Å²) in [4.78, 5) is -1.11. The molecule has 0 saturated heterocycles. The van der Waals surface area contributed by atoms with Crippen molar-refractivity contribution in [3.05, 3.63) is 53.6 Å². The molecular weight excluding hydrogens is 300 g/mol. The molecular formula is C13H9F2N3O2S. The molecule has 0 aliphatic heterocycles. The standard InChI is InChI=1S/C13H9F2N3O2S/c14-11-5-9(17)6-12(15)13(11)21(19,20)18-10-3-1-8(7-16)2-4-10/h1-6,18H,17H2. The molecule has 0 unspecified atom stereocenters. The summed E-state index contributed by atoms with van der Waals surface area (Å²) in [6.07, 6.45) is 0. The minimum atomic E-state index is -4.45. The van der Waals surface area contributed by atoms with Gasteiger partial charge in [-0.05, 0) is 36.4 Å². The van der Waals surface area contributed by atoms with Crippen LogP contribution in [0.15, 0.2) is 41.3 Å². The van der Waals surface area contributed by atoms with E-state index >= 15 is 0 Å². The van der Waals surface area contributed by atoms with Crippen LogP contribution in [-0.2, 0) is 10.0 Å². The maximum Gasteiger partial charge on any atom is 0.267 e. The third-order valence-electron chi connectivity index (χ3n) is 2.56. The normalized spacial score (nSPS) is 10.9. The molecule has 0 saturated carbocycles. The average Bonchev–Trinajstić information content (AvgIpc) is 2.37. The van der Waals surface area contributed by atoms with E-state index in [1.165, 1.54) is 24.3 Å². The van der Waals surface area contributed by atoms with Crippen LogP contribution in [0.25, 0.3) is 0 Å². The van der Waals surface area contributed by atoms with E-state index < -0.39 is 26.6 Å². The summed E-state index contributed by atoms with van der Waals surface area (Å²) in [6.45, 7) is 0. The summed E-state index contributed by atoms with van der Waals surface area (Å²) in [6, 6.07) is 8.65. The predicted molar refractivity (Wildman–Crippen MR) is 72.7 cm³/mol. The first-order valence-corrected chi connectivity index (χ1v) is 7.09. The Bertz CT molecular complexity index is 804. The molecule has 0 heterocycles. The van der Waals surface area contributed by atoms with Crippen molar-refractivity contribution in [3.8, 4) is 6.07 Å². The highest BCUT2D eigenvalue weighted by Gasteiger charge is 2.24. The Morgan fingerprint density at radius 3 is 2.10 bits per heavy atom. The highest BCUT2D eigenvalue weighted by atomic mass is 32.2. The first-order chi connectivity index (χ1) is 9.83. The molecule has 0 aliphatic rings. The zero-order chi connectivity index (χ0) is 15.6. The second-order valence-corrected chi connectivity index (χ2v) is 5.73. The van der Waals surface area contributed by atoms with Crippen LogP contribution < -0.4 is 10.5 Å². The van der Waals surface area contributed by atoms with Gasteiger partial charge in [-0.25, -0.2) is 17.2 Å². The van der Waals surface area contributed by atoms with Crippen molar-refractivity contribution >= 4 is 21.4 Å². The molecule has 0 aliphatic carbocycles. The number of nitriles is 1. The zero-order valence-electron chi connectivity index (χ0n) is 10.5. The number of rotatable bonds is 3. The van der Waals surface area contributed by atoms with Crippen molar-refractivity contribution in [3.63, 3.8) is 0 Å². The van der Waals surface area contributed by atoms with Gasteiger partial charge >= 0.3 is 0 Å². The van der Waals surface area contributed by atoms with Gasteiger partial charge in [0.25, 0.3) is 10.0 Å². The van der Waals surface area contributed by atoms with Gasteiger partial charge in [0.15, 0.2) is 4.90 Å². The van der Waals surface area contributed by atoms with E-state index in [2.05, 4.69) is 0 Å². The highest BCUT2D eigenvalue weighted by Crippen LogP contribution is 2.24. The van der Waals surface area contributed by atoms with Crippen LogP contribution >= 0.6 is 0 Å². The van der Waals surface area contributed by atoms with Crippen LogP contribution in [0.2, 0.25) is 0 Å². The maximum absolute atomic E-state index is 13.6. The van der Waals surface area contributed by atoms with Gasteiger partial charge in [0.1, 0.15) is 11.6 Å². The number of hydrogen-bond donors (Lipinski definition) is 2. The monoisotopic (exact) mass is 309 g/mol. The number of nitrogens with zero attached hydrogens (tertiary/aromatic N) is 1. The van der Waals surface area contributed by atoms with E-state index in [0.29, 0.717) is 5.56 Å². The van der Waals surface area contributed by atoms with Gasteiger partial charge in [0.2, 0.25) is 0 Å². The Labute approximate surface area is 119 Å². The van der Waals surface area contributed by atoms with E-state index in [-0.39, 0.29) is 11.4 Å². The summed E-state index contributed by atoms with van der Waals surface area (Å²) >= 11 is 0. The molecule has 2 rings (SSSR count). The lowest BCUT2D eigenvalue weighted by Gasteiger charge is -2.10. The van der Waals surface area contributed by atoms with Crippen molar-refractivity contribution < 1.29 is 17.2 Å². The van der Waals surface area contributed by atoms with E-state index in [9.17, 15) is 17.2 Å². The number of nitrogen functional groups attached to an aromatic ring is 1. The highest BCUT2D eigenvalue weighted by molar-refractivity contribution is 7.92. The fraction of sp³-hybridized carbons (Fsp3) is 0. The average molecular weight is 309 g/mol. The molecule has 0 spiro atoms. The zero-order valence-corrected chi connectivity index (χ0v) is 11.3. The number of sulfonamides is 1. The van der Waals surface area contributed by atoms with E-state index in [4.69, 9.17) is 11.0 Å². The molecule has 5 nitrogen and oxygen atoms in total. The van der Waals surface area contributed by atoms with Crippen LogP contribution in [0.4, 0.5) is 20.2 Å². The minimum absolute atomic E-state index is 0.0737. The van der Waals surface area contributed by atoms with Crippen LogP contribution in [-0.4, -0.2) is 8.42 Å². The lowest BCUT2D eigenvalue weighted by atomic mass is 10.2. The molecule has 0 fully saturated rings. The third-order valence-corrected chi connectivity index (χ3v) is 3.99. The number of benzene rings is 2. The largest absolute Gasteiger partial charge is 0.399 e. The molecule has 0 amide bonds. The summed E-state index contributed by atoms with van der Waals surface area (Å²) in [5, 5.41) is 8.64. The van der Waals surface area contributed by atoms with Crippen LogP contribution in [0.1, 0.15) is 5.56 Å². The fourth-order valence-electron chi connectivity index (χ4n) is 1.66. The lowest BCUT2D eigenvalue weighted by Crippen LogP contribution is -2.16.